The van der Waals surface area contributed by atoms with Crippen LogP contribution < -0.4 is 0 Å². The molecular formula is C9H11IN2O2. The lowest BCUT2D eigenvalue weighted by Gasteiger charge is -2.04. The first-order valence-corrected chi connectivity index (χ1v) is 5.24. The molecule has 0 unspecified atom stereocenters. The van der Waals surface area contributed by atoms with E-state index in [1.807, 2.05) is 6.20 Å². The third-order valence-electron chi connectivity index (χ3n) is 1.52. The molecule has 0 aliphatic heterocycles. The summed E-state index contributed by atoms with van der Waals surface area (Å²) in [5.41, 5.74) is 0.409. The first-order valence-electron chi connectivity index (χ1n) is 4.16. The summed E-state index contributed by atoms with van der Waals surface area (Å²) >= 11 is 2.15. The first-order chi connectivity index (χ1) is 6.63. The highest BCUT2D eigenvalue weighted by Crippen LogP contribution is 2.04. The lowest BCUT2D eigenvalue weighted by Crippen LogP contribution is -2.12. The predicted molar refractivity (Wildman–Crippen MR) is 60.7 cm³/mol. The summed E-state index contributed by atoms with van der Waals surface area (Å²) < 4.78 is 7.48. The minimum absolute atomic E-state index is 0.363. The molecule has 0 radical (unpaired) electrons. The third kappa shape index (κ3) is 3.13. The average Bonchev–Trinajstić information content (AvgIpc) is 2.51. The van der Waals surface area contributed by atoms with Gasteiger partial charge in [-0.1, -0.05) is 6.58 Å². The van der Waals surface area contributed by atoms with E-state index in [-0.39, 0.29) is 5.97 Å². The van der Waals surface area contributed by atoms with Crippen molar-refractivity contribution in [3.05, 3.63) is 28.1 Å². The fourth-order valence-corrected chi connectivity index (χ4v) is 1.36. The van der Waals surface area contributed by atoms with Crippen LogP contribution in [0.2, 0.25) is 0 Å². The topological polar surface area (TPSA) is 44.1 Å². The Labute approximate surface area is 96.1 Å². The van der Waals surface area contributed by atoms with E-state index < -0.39 is 0 Å². The number of aromatic nitrogens is 2. The molecule has 0 aliphatic carbocycles. The standard InChI is InChI=1S/C9H11IN2O2/c1-3-14-9(13)7(2)5-12-6-8(10)4-11-12/h4,6H,2-3,5H2,1H3. The molecule has 0 fully saturated rings. The molecule has 0 N–H and O–H groups in total. The van der Waals surface area contributed by atoms with Crippen molar-refractivity contribution in [2.45, 2.75) is 13.5 Å². The molecule has 1 heterocycles. The SMILES string of the molecule is C=C(Cn1cc(I)cn1)C(=O)OCC. The summed E-state index contributed by atoms with van der Waals surface area (Å²) in [5.74, 6) is -0.363. The molecule has 0 bridgehead atoms. The second-order valence-corrected chi connectivity index (χ2v) is 3.93. The van der Waals surface area contributed by atoms with Gasteiger partial charge in [0, 0.05) is 6.20 Å². The second-order valence-electron chi connectivity index (χ2n) is 2.68. The van der Waals surface area contributed by atoms with Crippen LogP contribution in [0.15, 0.2) is 24.5 Å². The summed E-state index contributed by atoms with van der Waals surface area (Å²) in [6.07, 6.45) is 3.56. The Morgan fingerprint density at radius 2 is 2.50 bits per heavy atom. The molecule has 4 nitrogen and oxygen atoms in total. The Balaban J connectivity index is 2.53. The minimum Gasteiger partial charge on any atom is -0.463 e. The summed E-state index contributed by atoms with van der Waals surface area (Å²) in [7, 11) is 0. The highest BCUT2D eigenvalue weighted by atomic mass is 127. The smallest absolute Gasteiger partial charge is 0.335 e. The fourth-order valence-electron chi connectivity index (χ4n) is 0.918. The molecule has 1 rings (SSSR count). The molecule has 0 saturated carbocycles. The van der Waals surface area contributed by atoms with E-state index in [1.54, 1.807) is 17.8 Å². The van der Waals surface area contributed by atoms with Crippen molar-refractivity contribution in [2.24, 2.45) is 0 Å². The van der Waals surface area contributed by atoms with Gasteiger partial charge in [0.1, 0.15) is 0 Å². The molecule has 76 valence electrons. The first kappa shape index (κ1) is 11.2. The van der Waals surface area contributed by atoms with Crippen molar-refractivity contribution in [2.75, 3.05) is 6.61 Å². The lowest BCUT2D eigenvalue weighted by atomic mass is 10.3. The molecule has 14 heavy (non-hydrogen) atoms. The van der Waals surface area contributed by atoms with Gasteiger partial charge in [-0.2, -0.15) is 5.10 Å². The maximum atomic E-state index is 11.2. The summed E-state index contributed by atoms with van der Waals surface area (Å²) in [6, 6.07) is 0. The van der Waals surface area contributed by atoms with Crippen LogP contribution >= 0.6 is 22.6 Å². The van der Waals surface area contributed by atoms with Crippen molar-refractivity contribution < 1.29 is 9.53 Å². The molecule has 0 amide bonds. The Morgan fingerprint density at radius 1 is 1.79 bits per heavy atom. The van der Waals surface area contributed by atoms with Gasteiger partial charge in [0.15, 0.2) is 0 Å². The van der Waals surface area contributed by atoms with Gasteiger partial charge in [0.2, 0.25) is 0 Å². The van der Waals surface area contributed by atoms with Crippen LogP contribution in [0, 0.1) is 3.57 Å². The second kappa shape index (κ2) is 5.14. The van der Waals surface area contributed by atoms with Crippen LogP contribution in [-0.2, 0) is 16.1 Å². The normalized spacial score (nSPS) is 9.86. The maximum Gasteiger partial charge on any atom is 0.335 e. The number of carbonyl (C=O) groups excluding carboxylic acids is 1. The van der Waals surface area contributed by atoms with Crippen molar-refractivity contribution in [1.82, 2.24) is 9.78 Å². The number of ether oxygens (including phenoxy) is 1. The molecule has 0 saturated heterocycles. The number of hydrogen-bond donors (Lipinski definition) is 0. The van der Waals surface area contributed by atoms with Gasteiger partial charge in [0.25, 0.3) is 0 Å². The molecule has 5 heteroatoms. The molecule has 1 aromatic heterocycles. The molecule has 0 aliphatic rings. The summed E-state index contributed by atoms with van der Waals surface area (Å²) in [4.78, 5) is 11.2. The molecule has 1 aromatic rings. The highest BCUT2D eigenvalue weighted by molar-refractivity contribution is 14.1. The van der Waals surface area contributed by atoms with E-state index >= 15 is 0 Å². The van der Waals surface area contributed by atoms with Gasteiger partial charge in [-0.05, 0) is 29.5 Å². The Kier molecular flexibility index (Phi) is 4.12. The van der Waals surface area contributed by atoms with Crippen molar-refractivity contribution in [3.63, 3.8) is 0 Å². The predicted octanol–water partition coefficient (Wildman–Crippen LogP) is 1.61. The number of carbonyl (C=O) groups is 1. The van der Waals surface area contributed by atoms with Crippen LogP contribution in [0.25, 0.3) is 0 Å². The lowest BCUT2D eigenvalue weighted by molar-refractivity contribution is -0.138. The number of nitrogens with zero attached hydrogens (tertiary/aromatic N) is 2. The van der Waals surface area contributed by atoms with Gasteiger partial charge >= 0.3 is 5.97 Å². The van der Waals surface area contributed by atoms with Crippen LogP contribution in [-0.4, -0.2) is 22.4 Å². The van der Waals surface area contributed by atoms with Gasteiger partial charge in [-0.3, -0.25) is 4.68 Å². The van der Waals surface area contributed by atoms with Gasteiger partial charge in [-0.25, -0.2) is 4.79 Å². The van der Waals surface area contributed by atoms with E-state index in [9.17, 15) is 4.79 Å². The van der Waals surface area contributed by atoms with Gasteiger partial charge in [0.05, 0.1) is 28.5 Å². The zero-order valence-corrected chi connectivity index (χ0v) is 10.0. The van der Waals surface area contributed by atoms with Gasteiger partial charge in [-0.15, -0.1) is 0 Å². The van der Waals surface area contributed by atoms with Gasteiger partial charge < -0.3 is 4.74 Å². The van der Waals surface area contributed by atoms with Crippen molar-refractivity contribution in [1.29, 1.82) is 0 Å². The third-order valence-corrected chi connectivity index (χ3v) is 2.08. The summed E-state index contributed by atoms with van der Waals surface area (Å²) in [6.45, 7) is 6.15. The van der Waals surface area contributed by atoms with E-state index in [0.29, 0.717) is 18.7 Å². The Morgan fingerprint density at radius 3 is 3.00 bits per heavy atom. The van der Waals surface area contributed by atoms with E-state index in [4.69, 9.17) is 4.74 Å². The highest BCUT2D eigenvalue weighted by Gasteiger charge is 2.08. The minimum atomic E-state index is -0.363. The largest absolute Gasteiger partial charge is 0.463 e. The zero-order chi connectivity index (χ0) is 10.6. The Bertz CT molecular complexity index is 346. The van der Waals surface area contributed by atoms with Crippen LogP contribution in [0.3, 0.4) is 0 Å². The number of esters is 1. The maximum absolute atomic E-state index is 11.2. The van der Waals surface area contributed by atoms with E-state index in [1.165, 1.54) is 0 Å². The molecule has 0 atom stereocenters. The van der Waals surface area contributed by atoms with Crippen LogP contribution in [0.1, 0.15) is 6.92 Å². The summed E-state index contributed by atoms with van der Waals surface area (Å²) in [5, 5.41) is 4.04. The molecule has 0 aromatic carbocycles. The van der Waals surface area contributed by atoms with E-state index in [2.05, 4.69) is 34.3 Å². The number of hydrogen-bond acceptors (Lipinski definition) is 3. The van der Waals surface area contributed by atoms with Crippen LogP contribution in [0.4, 0.5) is 0 Å². The van der Waals surface area contributed by atoms with Crippen molar-refractivity contribution >= 4 is 28.6 Å². The quantitative estimate of drug-likeness (QED) is 0.482. The number of rotatable bonds is 4. The zero-order valence-electron chi connectivity index (χ0n) is 7.86. The van der Waals surface area contributed by atoms with Crippen molar-refractivity contribution in [3.8, 4) is 0 Å². The Hall–Kier alpha value is -0.850. The van der Waals surface area contributed by atoms with E-state index in [0.717, 1.165) is 3.57 Å². The average molecular weight is 306 g/mol. The molecule has 0 spiro atoms. The fraction of sp³-hybridized carbons (Fsp3) is 0.333. The molecular weight excluding hydrogens is 295 g/mol. The van der Waals surface area contributed by atoms with Crippen LogP contribution in [0.5, 0.6) is 0 Å². The number of halogens is 1. The monoisotopic (exact) mass is 306 g/mol.